The molecule has 1 atom stereocenters. The predicted octanol–water partition coefficient (Wildman–Crippen LogP) is 2.72. The molecule has 1 aromatic rings. The maximum atomic E-state index is 5.21. The van der Waals surface area contributed by atoms with E-state index < -0.39 is 0 Å². The van der Waals surface area contributed by atoms with Crippen LogP contribution in [-0.4, -0.2) is 6.04 Å². The molecule has 2 nitrogen and oxygen atoms in total. The molecule has 0 fully saturated rings. The number of hydrogen-bond donors (Lipinski definition) is 1. The summed E-state index contributed by atoms with van der Waals surface area (Å²) in [7, 11) is 0. The molecular formula is C11H17NO. The lowest BCUT2D eigenvalue weighted by molar-refractivity contribution is 0.445. The lowest BCUT2D eigenvalue weighted by Crippen LogP contribution is -2.24. The van der Waals surface area contributed by atoms with E-state index >= 15 is 0 Å². The second-order valence-corrected chi connectivity index (χ2v) is 3.23. The van der Waals surface area contributed by atoms with Crippen LogP contribution in [0.25, 0.3) is 0 Å². The Hall–Kier alpha value is -1.02. The average molecular weight is 179 g/mol. The number of nitrogens with one attached hydrogen (secondary N) is 1. The van der Waals surface area contributed by atoms with Crippen molar-refractivity contribution in [3.05, 3.63) is 36.8 Å². The van der Waals surface area contributed by atoms with E-state index in [-0.39, 0.29) is 0 Å². The van der Waals surface area contributed by atoms with Crippen molar-refractivity contribution in [1.82, 2.24) is 5.32 Å². The summed E-state index contributed by atoms with van der Waals surface area (Å²) < 4.78 is 5.21. The topological polar surface area (TPSA) is 25.2 Å². The molecule has 1 rings (SSSR count). The molecule has 0 radical (unpaired) electrons. The van der Waals surface area contributed by atoms with Crippen molar-refractivity contribution in [2.24, 2.45) is 0 Å². The Morgan fingerprint density at radius 3 is 3.15 bits per heavy atom. The van der Waals surface area contributed by atoms with Gasteiger partial charge in [-0.05, 0) is 31.9 Å². The van der Waals surface area contributed by atoms with E-state index in [9.17, 15) is 0 Å². The fraction of sp³-hybridized carbons (Fsp3) is 0.455. The van der Waals surface area contributed by atoms with Gasteiger partial charge in [0.1, 0.15) is 5.76 Å². The summed E-state index contributed by atoms with van der Waals surface area (Å²) in [6.45, 7) is 6.68. The smallest absolute Gasteiger partial charge is 0.117 e. The zero-order chi connectivity index (χ0) is 9.52. The van der Waals surface area contributed by atoms with E-state index in [1.807, 2.05) is 18.2 Å². The number of allylic oxidation sites excluding steroid dienone is 1. The van der Waals surface area contributed by atoms with E-state index in [1.165, 1.54) is 0 Å². The Bertz CT molecular complexity index is 228. The summed E-state index contributed by atoms with van der Waals surface area (Å²) in [6.07, 6.45) is 5.84. The van der Waals surface area contributed by atoms with Gasteiger partial charge in [-0.3, -0.25) is 0 Å². The standard InChI is InChI=1S/C11H17NO/c1-3-4-6-10(2)12-9-11-7-5-8-13-11/h3,5,7-8,10,12H,1,4,6,9H2,2H3. The van der Waals surface area contributed by atoms with Crippen LogP contribution in [-0.2, 0) is 6.54 Å². The molecule has 0 spiro atoms. The van der Waals surface area contributed by atoms with Gasteiger partial charge in [0.2, 0.25) is 0 Å². The van der Waals surface area contributed by atoms with Crippen LogP contribution in [0.3, 0.4) is 0 Å². The van der Waals surface area contributed by atoms with Crippen LogP contribution in [0.1, 0.15) is 25.5 Å². The molecule has 13 heavy (non-hydrogen) atoms. The van der Waals surface area contributed by atoms with Crippen LogP contribution in [0.15, 0.2) is 35.5 Å². The van der Waals surface area contributed by atoms with E-state index in [1.54, 1.807) is 6.26 Å². The van der Waals surface area contributed by atoms with Crippen LogP contribution in [0.5, 0.6) is 0 Å². The first-order valence-corrected chi connectivity index (χ1v) is 4.69. The van der Waals surface area contributed by atoms with Gasteiger partial charge in [0, 0.05) is 6.04 Å². The summed E-state index contributed by atoms with van der Waals surface area (Å²) in [6, 6.07) is 4.40. The minimum atomic E-state index is 0.517. The molecule has 0 bridgehead atoms. The minimum Gasteiger partial charge on any atom is -0.468 e. The number of hydrogen-bond acceptors (Lipinski definition) is 2. The van der Waals surface area contributed by atoms with Crippen LogP contribution in [0.2, 0.25) is 0 Å². The van der Waals surface area contributed by atoms with E-state index in [0.29, 0.717) is 6.04 Å². The van der Waals surface area contributed by atoms with Crippen LogP contribution in [0, 0.1) is 0 Å². The van der Waals surface area contributed by atoms with Crippen molar-refractivity contribution >= 4 is 0 Å². The van der Waals surface area contributed by atoms with Gasteiger partial charge in [-0.15, -0.1) is 6.58 Å². The van der Waals surface area contributed by atoms with Gasteiger partial charge in [-0.25, -0.2) is 0 Å². The molecule has 1 heterocycles. The third-order valence-corrected chi connectivity index (χ3v) is 2.01. The normalized spacial score (nSPS) is 12.7. The van der Waals surface area contributed by atoms with Gasteiger partial charge in [0.15, 0.2) is 0 Å². The molecule has 0 saturated heterocycles. The first kappa shape index (κ1) is 10.1. The highest BCUT2D eigenvalue weighted by Crippen LogP contribution is 2.02. The van der Waals surface area contributed by atoms with Crippen molar-refractivity contribution in [3.8, 4) is 0 Å². The zero-order valence-electron chi connectivity index (χ0n) is 8.12. The third kappa shape index (κ3) is 3.95. The number of furan rings is 1. The third-order valence-electron chi connectivity index (χ3n) is 2.01. The summed E-state index contributed by atoms with van der Waals surface area (Å²) in [5.41, 5.74) is 0. The molecule has 0 aliphatic carbocycles. The molecule has 1 unspecified atom stereocenters. The number of rotatable bonds is 6. The van der Waals surface area contributed by atoms with Crippen LogP contribution < -0.4 is 5.32 Å². The highest BCUT2D eigenvalue weighted by atomic mass is 16.3. The molecule has 0 aromatic carbocycles. The largest absolute Gasteiger partial charge is 0.468 e. The molecular weight excluding hydrogens is 162 g/mol. The Balaban J connectivity index is 2.15. The average Bonchev–Trinajstić information content (AvgIpc) is 2.64. The highest BCUT2D eigenvalue weighted by Gasteiger charge is 2.00. The first-order valence-electron chi connectivity index (χ1n) is 4.69. The summed E-state index contributed by atoms with van der Waals surface area (Å²) in [5.74, 6) is 0.991. The van der Waals surface area contributed by atoms with E-state index in [4.69, 9.17) is 4.42 Å². The lowest BCUT2D eigenvalue weighted by Gasteiger charge is -2.10. The van der Waals surface area contributed by atoms with E-state index in [2.05, 4.69) is 18.8 Å². The second-order valence-electron chi connectivity index (χ2n) is 3.23. The van der Waals surface area contributed by atoms with E-state index in [0.717, 1.165) is 25.1 Å². The molecule has 0 amide bonds. The van der Waals surface area contributed by atoms with Gasteiger partial charge in [-0.1, -0.05) is 6.08 Å². The van der Waals surface area contributed by atoms with Crippen molar-refractivity contribution in [3.63, 3.8) is 0 Å². The maximum Gasteiger partial charge on any atom is 0.117 e. The molecule has 2 heteroatoms. The molecule has 0 saturated carbocycles. The second kappa shape index (κ2) is 5.60. The van der Waals surface area contributed by atoms with Crippen molar-refractivity contribution in [2.75, 3.05) is 0 Å². The fourth-order valence-corrected chi connectivity index (χ4v) is 1.16. The van der Waals surface area contributed by atoms with Gasteiger partial charge in [0.25, 0.3) is 0 Å². The zero-order valence-corrected chi connectivity index (χ0v) is 8.12. The summed E-state index contributed by atoms with van der Waals surface area (Å²) >= 11 is 0. The molecule has 72 valence electrons. The first-order chi connectivity index (χ1) is 6.33. The van der Waals surface area contributed by atoms with Gasteiger partial charge < -0.3 is 9.73 Å². The summed E-state index contributed by atoms with van der Waals surface area (Å²) in [4.78, 5) is 0. The minimum absolute atomic E-state index is 0.517. The van der Waals surface area contributed by atoms with Crippen molar-refractivity contribution in [1.29, 1.82) is 0 Å². The Morgan fingerprint density at radius 1 is 1.69 bits per heavy atom. The van der Waals surface area contributed by atoms with Gasteiger partial charge in [0.05, 0.1) is 12.8 Å². The fourth-order valence-electron chi connectivity index (χ4n) is 1.16. The van der Waals surface area contributed by atoms with Crippen LogP contribution in [0.4, 0.5) is 0 Å². The summed E-state index contributed by atoms with van der Waals surface area (Å²) in [5, 5.41) is 3.38. The SMILES string of the molecule is C=CCCC(C)NCc1ccco1. The van der Waals surface area contributed by atoms with Gasteiger partial charge >= 0.3 is 0 Å². The van der Waals surface area contributed by atoms with Gasteiger partial charge in [-0.2, -0.15) is 0 Å². The Labute approximate surface area is 79.6 Å². The molecule has 1 N–H and O–H groups in total. The Morgan fingerprint density at radius 2 is 2.54 bits per heavy atom. The maximum absolute atomic E-state index is 5.21. The van der Waals surface area contributed by atoms with Crippen molar-refractivity contribution < 1.29 is 4.42 Å². The predicted molar refractivity (Wildman–Crippen MR) is 54.4 cm³/mol. The highest BCUT2D eigenvalue weighted by molar-refractivity contribution is 4.97. The molecule has 0 aliphatic rings. The molecule has 0 aliphatic heterocycles. The quantitative estimate of drug-likeness (QED) is 0.679. The Kier molecular flexibility index (Phi) is 4.33. The molecule has 1 aromatic heterocycles. The lowest BCUT2D eigenvalue weighted by atomic mass is 10.2. The van der Waals surface area contributed by atoms with Crippen LogP contribution >= 0.6 is 0 Å². The van der Waals surface area contributed by atoms with Crippen molar-refractivity contribution in [2.45, 2.75) is 32.4 Å². The monoisotopic (exact) mass is 179 g/mol.